The summed E-state index contributed by atoms with van der Waals surface area (Å²) < 4.78 is 2.40. The summed E-state index contributed by atoms with van der Waals surface area (Å²) in [5, 5.41) is 2.47. The van der Waals surface area contributed by atoms with Crippen molar-refractivity contribution in [1.29, 1.82) is 0 Å². The third-order valence-corrected chi connectivity index (χ3v) is 9.08. The number of fused-ring (bicyclic) bond motifs is 3. The van der Waals surface area contributed by atoms with Crippen molar-refractivity contribution in [2.24, 2.45) is 0 Å². The molecule has 0 unspecified atom stereocenters. The van der Waals surface area contributed by atoms with E-state index >= 15 is 0 Å². The Balaban J connectivity index is 1.15. The van der Waals surface area contributed by atoms with E-state index in [1.807, 2.05) is 60.7 Å². The Kier molecular flexibility index (Phi) is 7.10. The summed E-state index contributed by atoms with van der Waals surface area (Å²) in [5.74, 6) is 1.95. The third kappa shape index (κ3) is 5.26. The highest BCUT2D eigenvalue weighted by atomic mass is 15.0. The zero-order chi connectivity index (χ0) is 32.6. The largest absolute Gasteiger partial charge is 0.309 e. The summed E-state index contributed by atoms with van der Waals surface area (Å²) in [6.45, 7) is 0. The molecule has 0 N–H and O–H groups in total. The Morgan fingerprint density at radius 2 is 0.755 bits per heavy atom. The highest BCUT2D eigenvalue weighted by Crippen LogP contribution is 2.38. The maximum Gasteiger partial charge on any atom is 0.164 e. The van der Waals surface area contributed by atoms with Crippen LogP contribution >= 0.6 is 0 Å². The summed E-state index contributed by atoms with van der Waals surface area (Å²) in [5.41, 5.74) is 11.0. The van der Waals surface area contributed by atoms with Crippen LogP contribution in [-0.2, 0) is 0 Å². The van der Waals surface area contributed by atoms with E-state index < -0.39 is 0 Å². The van der Waals surface area contributed by atoms with Crippen molar-refractivity contribution in [1.82, 2.24) is 19.5 Å². The predicted molar refractivity (Wildman–Crippen MR) is 201 cm³/mol. The molecule has 4 nitrogen and oxygen atoms in total. The van der Waals surface area contributed by atoms with Crippen LogP contribution in [0.3, 0.4) is 0 Å². The second kappa shape index (κ2) is 12.2. The van der Waals surface area contributed by atoms with Crippen molar-refractivity contribution in [3.63, 3.8) is 0 Å². The van der Waals surface area contributed by atoms with Crippen LogP contribution in [0.1, 0.15) is 0 Å². The lowest BCUT2D eigenvalue weighted by atomic mass is 10.0. The Labute approximate surface area is 284 Å². The molecule has 0 aliphatic rings. The maximum absolute atomic E-state index is 4.93. The van der Waals surface area contributed by atoms with E-state index in [-0.39, 0.29) is 0 Å². The average Bonchev–Trinajstić information content (AvgIpc) is 3.52. The monoisotopic (exact) mass is 626 g/mol. The van der Waals surface area contributed by atoms with Crippen LogP contribution in [0.15, 0.2) is 182 Å². The average molecular weight is 627 g/mol. The van der Waals surface area contributed by atoms with E-state index in [1.165, 1.54) is 32.9 Å². The topological polar surface area (TPSA) is 43.6 Å². The summed E-state index contributed by atoms with van der Waals surface area (Å²) in [4.78, 5) is 14.7. The number of hydrogen-bond acceptors (Lipinski definition) is 3. The molecule has 4 heteroatoms. The van der Waals surface area contributed by atoms with Crippen molar-refractivity contribution in [3.05, 3.63) is 182 Å². The SMILES string of the molecule is c1ccc(-c2ccc3c(c2)c2ccccc2n3-c2ccccc2-c2ccc(-c3nc(-c4ccccc4)nc(-c4ccccc4)n3)cc2)cc1. The second-order valence-electron chi connectivity index (χ2n) is 12.1. The van der Waals surface area contributed by atoms with E-state index in [2.05, 4.69) is 126 Å². The molecule has 7 aromatic carbocycles. The van der Waals surface area contributed by atoms with E-state index in [4.69, 9.17) is 15.0 Å². The molecular weight excluding hydrogens is 597 g/mol. The normalized spacial score (nSPS) is 11.3. The van der Waals surface area contributed by atoms with Crippen LogP contribution in [0.4, 0.5) is 0 Å². The summed E-state index contributed by atoms with van der Waals surface area (Å²) in [6, 6.07) is 63.4. The van der Waals surface area contributed by atoms with Gasteiger partial charge in [0.15, 0.2) is 17.5 Å². The van der Waals surface area contributed by atoms with Gasteiger partial charge in [0, 0.05) is 33.0 Å². The van der Waals surface area contributed by atoms with Gasteiger partial charge < -0.3 is 4.57 Å². The lowest BCUT2D eigenvalue weighted by molar-refractivity contribution is 1.07. The molecule has 230 valence electrons. The van der Waals surface area contributed by atoms with Gasteiger partial charge in [0.1, 0.15) is 0 Å². The number of aromatic nitrogens is 4. The predicted octanol–water partition coefficient (Wildman–Crippen LogP) is 11.3. The lowest BCUT2D eigenvalue weighted by Crippen LogP contribution is -2.00. The van der Waals surface area contributed by atoms with Crippen molar-refractivity contribution in [2.75, 3.05) is 0 Å². The van der Waals surface area contributed by atoms with Crippen LogP contribution in [0.2, 0.25) is 0 Å². The first-order valence-corrected chi connectivity index (χ1v) is 16.5. The van der Waals surface area contributed by atoms with Crippen LogP contribution in [-0.4, -0.2) is 19.5 Å². The molecule has 49 heavy (non-hydrogen) atoms. The molecule has 0 spiro atoms. The fraction of sp³-hybridized carbons (Fsp3) is 0. The van der Waals surface area contributed by atoms with E-state index in [0.717, 1.165) is 33.5 Å². The molecule has 0 bridgehead atoms. The van der Waals surface area contributed by atoms with E-state index in [9.17, 15) is 0 Å². The van der Waals surface area contributed by atoms with Crippen LogP contribution in [0, 0.1) is 0 Å². The van der Waals surface area contributed by atoms with Gasteiger partial charge in [-0.1, -0.05) is 158 Å². The number of benzene rings is 7. The molecule has 0 saturated carbocycles. The van der Waals surface area contributed by atoms with Gasteiger partial charge in [-0.25, -0.2) is 15.0 Å². The van der Waals surface area contributed by atoms with Crippen LogP contribution in [0.5, 0.6) is 0 Å². The van der Waals surface area contributed by atoms with E-state index in [1.54, 1.807) is 0 Å². The van der Waals surface area contributed by atoms with Gasteiger partial charge >= 0.3 is 0 Å². The van der Waals surface area contributed by atoms with Crippen LogP contribution in [0.25, 0.3) is 83.9 Å². The highest BCUT2D eigenvalue weighted by molar-refractivity contribution is 6.11. The third-order valence-electron chi connectivity index (χ3n) is 9.08. The quantitative estimate of drug-likeness (QED) is 0.184. The number of rotatable bonds is 6. The van der Waals surface area contributed by atoms with Gasteiger partial charge in [0.05, 0.1) is 16.7 Å². The smallest absolute Gasteiger partial charge is 0.164 e. The summed E-state index contributed by atoms with van der Waals surface area (Å²) in [7, 11) is 0. The first kappa shape index (κ1) is 28.6. The summed E-state index contributed by atoms with van der Waals surface area (Å²) in [6.07, 6.45) is 0. The van der Waals surface area contributed by atoms with Gasteiger partial charge in [-0.2, -0.15) is 0 Å². The van der Waals surface area contributed by atoms with Crippen molar-refractivity contribution < 1.29 is 0 Å². The van der Waals surface area contributed by atoms with Crippen molar-refractivity contribution in [3.8, 4) is 62.1 Å². The van der Waals surface area contributed by atoms with Gasteiger partial charge in [-0.3, -0.25) is 0 Å². The Hall–Kier alpha value is -6.65. The highest BCUT2D eigenvalue weighted by Gasteiger charge is 2.17. The first-order chi connectivity index (χ1) is 24.3. The standard InChI is InChI=1S/C45H30N4/c1-4-14-31(15-5-1)36-28-29-42-39(30-36)38-21-11-13-23-41(38)49(42)40-22-12-10-20-37(40)32-24-26-35(27-25-32)45-47-43(33-16-6-2-7-17-33)46-44(48-45)34-18-8-3-9-19-34/h1-30H. The van der Waals surface area contributed by atoms with Gasteiger partial charge in [-0.15, -0.1) is 0 Å². The van der Waals surface area contributed by atoms with Crippen LogP contribution < -0.4 is 0 Å². The van der Waals surface area contributed by atoms with Gasteiger partial charge in [-0.05, 0) is 41.0 Å². The molecule has 2 aromatic heterocycles. The number of para-hydroxylation sites is 2. The van der Waals surface area contributed by atoms with Crippen molar-refractivity contribution in [2.45, 2.75) is 0 Å². The zero-order valence-corrected chi connectivity index (χ0v) is 26.6. The lowest BCUT2D eigenvalue weighted by Gasteiger charge is -2.14. The molecule has 0 atom stereocenters. The molecule has 0 saturated heterocycles. The molecule has 0 amide bonds. The summed E-state index contributed by atoms with van der Waals surface area (Å²) >= 11 is 0. The van der Waals surface area contributed by atoms with Gasteiger partial charge in [0.2, 0.25) is 0 Å². The Morgan fingerprint density at radius 1 is 0.306 bits per heavy atom. The minimum absolute atomic E-state index is 0.643. The molecule has 9 rings (SSSR count). The minimum Gasteiger partial charge on any atom is -0.309 e. The Bertz CT molecular complexity index is 2520. The van der Waals surface area contributed by atoms with E-state index in [0.29, 0.717) is 17.5 Å². The molecular formula is C45H30N4. The number of nitrogens with zero attached hydrogens (tertiary/aromatic N) is 4. The minimum atomic E-state index is 0.643. The Morgan fingerprint density at radius 3 is 1.39 bits per heavy atom. The molecule has 0 aliphatic carbocycles. The molecule has 9 aromatic rings. The zero-order valence-electron chi connectivity index (χ0n) is 26.6. The maximum atomic E-state index is 4.93. The van der Waals surface area contributed by atoms with Gasteiger partial charge in [0.25, 0.3) is 0 Å². The first-order valence-electron chi connectivity index (χ1n) is 16.5. The molecule has 0 fully saturated rings. The fourth-order valence-electron chi connectivity index (χ4n) is 6.69. The molecule has 2 heterocycles. The fourth-order valence-corrected chi connectivity index (χ4v) is 6.69. The number of hydrogen-bond donors (Lipinski definition) is 0. The second-order valence-corrected chi connectivity index (χ2v) is 12.1. The van der Waals surface area contributed by atoms with Crippen molar-refractivity contribution >= 4 is 21.8 Å². The molecule has 0 radical (unpaired) electrons. The molecule has 0 aliphatic heterocycles.